The largest absolute Gasteiger partial charge is 0.460 e. The molecule has 156 valence electrons. The molecule has 0 bridgehead atoms. The van der Waals surface area contributed by atoms with Gasteiger partial charge in [0, 0.05) is 18.2 Å². The van der Waals surface area contributed by atoms with Crippen LogP contribution in [0.2, 0.25) is 0 Å². The fourth-order valence-electron chi connectivity index (χ4n) is 3.92. The van der Waals surface area contributed by atoms with Gasteiger partial charge in [0.25, 0.3) is 0 Å². The topological polar surface area (TPSA) is 85.7 Å². The molecule has 0 spiro atoms. The molecule has 1 aromatic rings. The van der Waals surface area contributed by atoms with E-state index < -0.39 is 30.0 Å². The lowest BCUT2D eigenvalue weighted by molar-refractivity contribution is -0.142. The van der Waals surface area contributed by atoms with Crippen molar-refractivity contribution >= 4 is 11.9 Å². The third-order valence-electron chi connectivity index (χ3n) is 5.35. The zero-order valence-electron chi connectivity index (χ0n) is 16.4. The van der Waals surface area contributed by atoms with Crippen molar-refractivity contribution < 1.29 is 28.6 Å². The molecule has 0 unspecified atom stereocenters. The van der Waals surface area contributed by atoms with Gasteiger partial charge in [0.05, 0.1) is 24.0 Å². The summed E-state index contributed by atoms with van der Waals surface area (Å²) >= 11 is 0. The van der Waals surface area contributed by atoms with E-state index in [1.165, 1.54) is 18.3 Å². The third-order valence-corrected chi connectivity index (χ3v) is 5.35. The Bertz CT molecular complexity index is 793. The molecule has 3 rings (SSSR count). The number of pyridine rings is 1. The normalized spacial score (nSPS) is 32.7. The molecular weight excluding hydrogens is 377 g/mol. The van der Waals surface area contributed by atoms with Crippen LogP contribution in [0.5, 0.6) is 0 Å². The summed E-state index contributed by atoms with van der Waals surface area (Å²) in [5.41, 5.74) is -0.0110. The van der Waals surface area contributed by atoms with E-state index in [1.807, 2.05) is 6.92 Å². The summed E-state index contributed by atoms with van der Waals surface area (Å²) < 4.78 is 24.4. The quantitative estimate of drug-likeness (QED) is 0.602. The van der Waals surface area contributed by atoms with Crippen LogP contribution in [0.4, 0.5) is 4.39 Å². The molecule has 5 atom stereocenters. The third kappa shape index (κ3) is 5.97. The first kappa shape index (κ1) is 21.2. The molecule has 2 aliphatic rings. The summed E-state index contributed by atoms with van der Waals surface area (Å²) in [6.07, 6.45) is 11.1. The first-order valence-electron chi connectivity index (χ1n) is 9.97. The minimum atomic E-state index is -0.763. The molecule has 0 aromatic carbocycles. The van der Waals surface area contributed by atoms with Gasteiger partial charge >= 0.3 is 11.9 Å². The molecule has 29 heavy (non-hydrogen) atoms. The van der Waals surface area contributed by atoms with E-state index in [1.54, 1.807) is 0 Å². The van der Waals surface area contributed by atoms with Crippen LogP contribution in [0.25, 0.3) is 0 Å². The van der Waals surface area contributed by atoms with Gasteiger partial charge in [-0.3, -0.25) is 4.98 Å². The van der Waals surface area contributed by atoms with Gasteiger partial charge < -0.3 is 14.6 Å². The number of allylic oxidation sites excluding steroid dienone is 2. The Morgan fingerprint density at radius 2 is 2.14 bits per heavy atom. The molecule has 7 heteroatoms. The zero-order chi connectivity index (χ0) is 20.8. The van der Waals surface area contributed by atoms with E-state index in [0.717, 1.165) is 31.5 Å². The van der Waals surface area contributed by atoms with Crippen molar-refractivity contribution in [3.8, 4) is 0 Å². The fraction of sp³-hybridized carbons (Fsp3) is 0.500. The summed E-state index contributed by atoms with van der Waals surface area (Å²) in [5, 5.41) is 10.2. The van der Waals surface area contributed by atoms with E-state index in [4.69, 9.17) is 9.47 Å². The molecule has 0 saturated heterocycles. The second-order valence-corrected chi connectivity index (χ2v) is 7.68. The Kier molecular flexibility index (Phi) is 7.14. The average molecular weight is 403 g/mol. The number of ether oxygens (including phenoxy) is 2. The van der Waals surface area contributed by atoms with Crippen LogP contribution in [-0.2, 0) is 14.3 Å². The molecule has 1 N–H and O–H groups in total. The summed E-state index contributed by atoms with van der Waals surface area (Å²) in [6.45, 7) is 1.84. The fourth-order valence-corrected chi connectivity index (χ4v) is 3.92. The predicted molar refractivity (Wildman–Crippen MR) is 103 cm³/mol. The molecular formula is C22H26FNO5. The van der Waals surface area contributed by atoms with Gasteiger partial charge in [-0.2, -0.15) is 0 Å². The Balaban J connectivity index is 1.85. The molecule has 1 saturated carbocycles. The summed E-state index contributed by atoms with van der Waals surface area (Å²) in [5.74, 6) is -2.07. The van der Waals surface area contributed by atoms with Crippen LogP contribution < -0.4 is 0 Å². The molecule has 6 nitrogen and oxygen atoms in total. The van der Waals surface area contributed by atoms with Crippen LogP contribution in [0.1, 0.15) is 49.4 Å². The second kappa shape index (κ2) is 9.78. The first-order valence-corrected chi connectivity index (χ1v) is 9.97. The second-order valence-electron chi connectivity index (χ2n) is 7.68. The molecule has 0 amide bonds. The molecule has 1 aliphatic carbocycles. The number of aliphatic hydroxyl groups is 1. The Labute approximate surface area is 169 Å². The summed E-state index contributed by atoms with van der Waals surface area (Å²) in [4.78, 5) is 28.3. The maximum absolute atomic E-state index is 13.4. The minimum Gasteiger partial charge on any atom is -0.460 e. The van der Waals surface area contributed by atoms with Gasteiger partial charge in [-0.1, -0.05) is 12.2 Å². The number of aromatic nitrogens is 1. The summed E-state index contributed by atoms with van der Waals surface area (Å²) in [7, 11) is 0. The van der Waals surface area contributed by atoms with Crippen molar-refractivity contribution in [3.63, 3.8) is 0 Å². The van der Waals surface area contributed by atoms with Crippen molar-refractivity contribution in [2.24, 2.45) is 11.8 Å². The van der Waals surface area contributed by atoms with Crippen LogP contribution in [0, 0.1) is 17.7 Å². The van der Waals surface area contributed by atoms with Crippen LogP contribution in [-0.4, -0.2) is 40.3 Å². The number of halogens is 1. The number of carbonyl (C=O) groups excluding carboxylic acids is 2. The number of nitrogens with zero attached hydrogens (tertiary/aromatic N) is 1. The number of rotatable bonds is 2. The smallest absolute Gasteiger partial charge is 0.340 e. The van der Waals surface area contributed by atoms with Crippen molar-refractivity contribution in [1.29, 1.82) is 0 Å². The van der Waals surface area contributed by atoms with Gasteiger partial charge in [0.15, 0.2) is 0 Å². The van der Waals surface area contributed by atoms with Gasteiger partial charge in [-0.25, -0.2) is 14.0 Å². The standard InChI is InChI=1S/C22H26FNO5/c1-14-5-3-2-4-6-15-10-18(25)11-19(15)20(7-8-21(26)28-14)29-22(27)16-9-17(23)13-24-12-16/h4,6-9,12-15,18-20,25H,2-3,5,10-11H2,1H3/b6-4+,8-7+/t14-,15+,18-,19+,20+/m0/s1. The number of hydrogen-bond acceptors (Lipinski definition) is 6. The van der Waals surface area contributed by atoms with E-state index in [0.29, 0.717) is 12.8 Å². The monoisotopic (exact) mass is 403 g/mol. The first-order chi connectivity index (χ1) is 13.9. The molecule has 2 heterocycles. The molecule has 1 aliphatic heterocycles. The number of hydrogen-bond donors (Lipinski definition) is 1. The van der Waals surface area contributed by atoms with E-state index >= 15 is 0 Å². The highest BCUT2D eigenvalue weighted by Crippen LogP contribution is 2.37. The number of fused-ring (bicyclic) bond motifs is 1. The van der Waals surface area contributed by atoms with Crippen LogP contribution in [0.3, 0.4) is 0 Å². The highest BCUT2D eigenvalue weighted by molar-refractivity contribution is 5.89. The molecule has 0 radical (unpaired) electrons. The van der Waals surface area contributed by atoms with Crippen molar-refractivity contribution in [3.05, 3.63) is 54.1 Å². The Hall–Kier alpha value is -2.54. The van der Waals surface area contributed by atoms with E-state index in [9.17, 15) is 19.1 Å². The Morgan fingerprint density at radius 3 is 2.93 bits per heavy atom. The van der Waals surface area contributed by atoms with Gasteiger partial charge in [-0.05, 0) is 57.1 Å². The number of aliphatic hydroxyl groups excluding tert-OH is 1. The van der Waals surface area contributed by atoms with Gasteiger partial charge in [0.1, 0.15) is 11.9 Å². The SMILES string of the molecule is C[C@H]1CCC/C=C/[C@@H]2C[C@H](O)C[C@H]2[C@H](OC(=O)c2cncc(F)c2)/C=C/C(=O)O1. The van der Waals surface area contributed by atoms with Crippen LogP contribution in [0.15, 0.2) is 42.8 Å². The maximum atomic E-state index is 13.4. The predicted octanol–water partition coefficient (Wildman–Crippen LogP) is 3.36. The maximum Gasteiger partial charge on any atom is 0.340 e. The highest BCUT2D eigenvalue weighted by atomic mass is 19.1. The summed E-state index contributed by atoms with van der Waals surface area (Å²) in [6, 6.07) is 1.05. The van der Waals surface area contributed by atoms with Crippen molar-refractivity contribution in [2.75, 3.05) is 0 Å². The number of carbonyl (C=O) groups is 2. The Morgan fingerprint density at radius 1 is 1.31 bits per heavy atom. The molecule has 1 aromatic heterocycles. The van der Waals surface area contributed by atoms with Crippen LogP contribution >= 0.6 is 0 Å². The molecule has 1 fully saturated rings. The van der Waals surface area contributed by atoms with E-state index in [2.05, 4.69) is 17.1 Å². The van der Waals surface area contributed by atoms with Gasteiger partial charge in [0.2, 0.25) is 0 Å². The number of cyclic esters (lactones) is 1. The number of esters is 2. The lowest BCUT2D eigenvalue weighted by Gasteiger charge is -2.24. The van der Waals surface area contributed by atoms with Crippen molar-refractivity contribution in [1.82, 2.24) is 4.98 Å². The average Bonchev–Trinajstić information content (AvgIpc) is 3.04. The van der Waals surface area contributed by atoms with E-state index in [-0.39, 0.29) is 23.5 Å². The minimum absolute atomic E-state index is 0.00674. The highest BCUT2D eigenvalue weighted by Gasteiger charge is 2.38. The van der Waals surface area contributed by atoms with Gasteiger partial charge in [-0.15, -0.1) is 0 Å². The van der Waals surface area contributed by atoms with Crippen molar-refractivity contribution in [2.45, 2.75) is 57.3 Å². The lowest BCUT2D eigenvalue weighted by atomic mass is 9.89. The lowest BCUT2D eigenvalue weighted by Crippen LogP contribution is -2.28. The zero-order valence-corrected chi connectivity index (χ0v) is 16.4.